The molecule has 142 valence electrons. The van der Waals surface area contributed by atoms with Crippen LogP contribution in [-0.2, 0) is 11.3 Å². The SMILES string of the molecule is O=C(NCCC#Cc1ccc(OC(F)(F)F)cc1F)OCc1ccccc1. The van der Waals surface area contributed by atoms with E-state index in [1.165, 1.54) is 0 Å². The number of amides is 1. The molecule has 0 atom stereocenters. The highest BCUT2D eigenvalue weighted by atomic mass is 19.4. The summed E-state index contributed by atoms with van der Waals surface area (Å²) in [6.07, 6.45) is -5.29. The fourth-order valence-electron chi connectivity index (χ4n) is 1.95. The topological polar surface area (TPSA) is 47.6 Å². The molecule has 0 radical (unpaired) electrons. The zero-order valence-electron chi connectivity index (χ0n) is 14.0. The minimum atomic E-state index is -4.89. The number of rotatable bonds is 5. The molecule has 1 N–H and O–H groups in total. The van der Waals surface area contributed by atoms with Crippen molar-refractivity contribution in [3.63, 3.8) is 0 Å². The van der Waals surface area contributed by atoms with Gasteiger partial charge in [-0.1, -0.05) is 42.2 Å². The van der Waals surface area contributed by atoms with E-state index in [0.717, 1.165) is 17.7 Å². The molecule has 27 heavy (non-hydrogen) atoms. The largest absolute Gasteiger partial charge is 0.573 e. The monoisotopic (exact) mass is 381 g/mol. The average molecular weight is 381 g/mol. The number of ether oxygens (including phenoxy) is 2. The van der Waals surface area contributed by atoms with Gasteiger partial charge in [0.1, 0.15) is 18.2 Å². The number of halogens is 4. The molecule has 8 heteroatoms. The van der Waals surface area contributed by atoms with E-state index in [-0.39, 0.29) is 25.1 Å². The van der Waals surface area contributed by atoms with Gasteiger partial charge in [0.05, 0.1) is 5.56 Å². The molecule has 2 aromatic rings. The Morgan fingerprint density at radius 1 is 1.11 bits per heavy atom. The van der Waals surface area contributed by atoms with Gasteiger partial charge in [0, 0.05) is 19.0 Å². The molecule has 2 aromatic carbocycles. The van der Waals surface area contributed by atoms with Crippen molar-refractivity contribution in [2.45, 2.75) is 19.4 Å². The second kappa shape index (κ2) is 9.48. The zero-order chi connectivity index (χ0) is 19.7. The molecule has 1 amide bonds. The lowest BCUT2D eigenvalue weighted by atomic mass is 10.2. The Bertz CT molecular complexity index is 826. The standard InChI is InChI=1S/C19H15F4NO3/c20-17-12-16(27-19(21,22)23)10-9-15(17)8-4-5-11-24-18(25)26-13-14-6-2-1-3-7-14/h1-3,6-7,9-10,12H,5,11,13H2,(H,24,25). The Hall–Kier alpha value is -3.21. The Labute approximate surface area is 153 Å². The van der Waals surface area contributed by atoms with Crippen LogP contribution in [0.1, 0.15) is 17.5 Å². The molecule has 0 aliphatic heterocycles. The van der Waals surface area contributed by atoms with Gasteiger partial charge in [-0.2, -0.15) is 0 Å². The third kappa shape index (κ3) is 7.69. The molecule has 2 rings (SSSR count). The van der Waals surface area contributed by atoms with E-state index in [0.29, 0.717) is 6.07 Å². The fraction of sp³-hybridized carbons (Fsp3) is 0.211. The third-order valence-electron chi connectivity index (χ3n) is 3.13. The second-order valence-corrected chi connectivity index (χ2v) is 5.23. The normalized spacial score (nSPS) is 10.5. The maximum absolute atomic E-state index is 13.7. The number of carbonyl (C=O) groups is 1. The van der Waals surface area contributed by atoms with Gasteiger partial charge < -0.3 is 14.8 Å². The highest BCUT2D eigenvalue weighted by Crippen LogP contribution is 2.24. The molecule has 4 nitrogen and oxygen atoms in total. The second-order valence-electron chi connectivity index (χ2n) is 5.23. The van der Waals surface area contributed by atoms with Crippen LogP contribution in [0.25, 0.3) is 0 Å². The fourth-order valence-corrected chi connectivity index (χ4v) is 1.95. The van der Waals surface area contributed by atoms with Crippen molar-refractivity contribution in [1.82, 2.24) is 5.32 Å². The summed E-state index contributed by atoms with van der Waals surface area (Å²) in [6, 6.07) is 11.8. The number of benzene rings is 2. The molecular weight excluding hydrogens is 366 g/mol. The molecule has 0 aliphatic rings. The van der Waals surface area contributed by atoms with Gasteiger partial charge in [-0.15, -0.1) is 13.2 Å². The average Bonchev–Trinajstić information content (AvgIpc) is 2.61. The number of hydrogen-bond acceptors (Lipinski definition) is 3. The molecule has 0 unspecified atom stereocenters. The predicted octanol–water partition coefficient (Wildman–Crippen LogP) is 4.39. The van der Waals surface area contributed by atoms with Gasteiger partial charge in [-0.25, -0.2) is 9.18 Å². The molecule has 0 aromatic heterocycles. The summed E-state index contributed by atoms with van der Waals surface area (Å²) in [4.78, 5) is 11.5. The zero-order valence-corrected chi connectivity index (χ0v) is 14.0. The van der Waals surface area contributed by atoms with E-state index < -0.39 is 24.0 Å². The summed E-state index contributed by atoms with van der Waals surface area (Å²) in [6.45, 7) is 0.313. The van der Waals surface area contributed by atoms with Crippen LogP contribution in [0, 0.1) is 17.7 Å². The molecular formula is C19H15F4NO3. The van der Waals surface area contributed by atoms with Crippen LogP contribution in [-0.4, -0.2) is 19.0 Å². The number of alkyl carbamates (subject to hydrolysis) is 1. The van der Waals surface area contributed by atoms with Crippen LogP contribution < -0.4 is 10.1 Å². The van der Waals surface area contributed by atoms with Crippen molar-refractivity contribution in [2.24, 2.45) is 0 Å². The van der Waals surface area contributed by atoms with E-state index in [1.807, 2.05) is 30.3 Å². The summed E-state index contributed by atoms with van der Waals surface area (Å²) in [7, 11) is 0. The van der Waals surface area contributed by atoms with Crippen LogP contribution in [0.3, 0.4) is 0 Å². The van der Waals surface area contributed by atoms with Crippen LogP contribution >= 0.6 is 0 Å². The Balaban J connectivity index is 1.74. The summed E-state index contributed by atoms with van der Waals surface area (Å²) >= 11 is 0. The first kappa shape index (κ1) is 20.1. The first-order chi connectivity index (χ1) is 12.8. The van der Waals surface area contributed by atoms with E-state index in [1.54, 1.807) is 0 Å². The van der Waals surface area contributed by atoms with Crippen molar-refractivity contribution in [3.05, 3.63) is 65.5 Å². The first-order valence-corrected chi connectivity index (χ1v) is 7.82. The molecule has 0 bridgehead atoms. The summed E-state index contributed by atoms with van der Waals surface area (Å²) in [5, 5.41) is 2.49. The van der Waals surface area contributed by atoms with Crippen molar-refractivity contribution in [1.29, 1.82) is 0 Å². The molecule has 0 aliphatic carbocycles. The lowest BCUT2D eigenvalue weighted by Crippen LogP contribution is -2.24. The van der Waals surface area contributed by atoms with Crippen molar-refractivity contribution in [2.75, 3.05) is 6.54 Å². The number of alkyl halides is 3. The summed E-state index contributed by atoms with van der Waals surface area (Å²) < 4.78 is 58.5. The molecule has 0 fully saturated rings. The maximum Gasteiger partial charge on any atom is 0.573 e. The van der Waals surface area contributed by atoms with Gasteiger partial charge in [-0.05, 0) is 17.7 Å². The number of nitrogens with one attached hydrogen (secondary N) is 1. The van der Waals surface area contributed by atoms with Crippen LogP contribution in [0.5, 0.6) is 5.75 Å². The minimum Gasteiger partial charge on any atom is -0.445 e. The van der Waals surface area contributed by atoms with E-state index in [2.05, 4.69) is 21.9 Å². The van der Waals surface area contributed by atoms with E-state index in [9.17, 15) is 22.4 Å². The van der Waals surface area contributed by atoms with Gasteiger partial charge in [0.2, 0.25) is 0 Å². The smallest absolute Gasteiger partial charge is 0.445 e. The quantitative estimate of drug-likeness (QED) is 0.475. The molecule has 0 saturated heterocycles. The van der Waals surface area contributed by atoms with Gasteiger partial charge in [0.25, 0.3) is 0 Å². The lowest BCUT2D eigenvalue weighted by Gasteiger charge is -2.08. The predicted molar refractivity (Wildman–Crippen MR) is 89.2 cm³/mol. The summed E-state index contributed by atoms with van der Waals surface area (Å²) in [5.74, 6) is 3.51. The first-order valence-electron chi connectivity index (χ1n) is 7.82. The number of carbonyl (C=O) groups excluding carboxylic acids is 1. The molecule has 0 saturated carbocycles. The lowest BCUT2D eigenvalue weighted by molar-refractivity contribution is -0.274. The van der Waals surface area contributed by atoms with E-state index in [4.69, 9.17) is 4.74 Å². The van der Waals surface area contributed by atoms with Crippen LogP contribution in [0.4, 0.5) is 22.4 Å². The van der Waals surface area contributed by atoms with Crippen molar-refractivity contribution < 1.29 is 31.8 Å². The Morgan fingerprint density at radius 2 is 1.85 bits per heavy atom. The maximum atomic E-state index is 13.7. The third-order valence-corrected chi connectivity index (χ3v) is 3.13. The highest BCUT2D eigenvalue weighted by Gasteiger charge is 2.31. The van der Waals surface area contributed by atoms with Crippen LogP contribution in [0.2, 0.25) is 0 Å². The van der Waals surface area contributed by atoms with E-state index >= 15 is 0 Å². The summed E-state index contributed by atoms with van der Waals surface area (Å²) in [5.41, 5.74) is 0.775. The van der Waals surface area contributed by atoms with Gasteiger partial charge >= 0.3 is 12.5 Å². The molecule has 0 spiro atoms. The Kier molecular flexibility index (Phi) is 7.06. The van der Waals surface area contributed by atoms with Crippen molar-refractivity contribution >= 4 is 6.09 Å². The van der Waals surface area contributed by atoms with Gasteiger partial charge in [-0.3, -0.25) is 0 Å². The highest BCUT2D eigenvalue weighted by molar-refractivity contribution is 5.67. The van der Waals surface area contributed by atoms with Crippen LogP contribution in [0.15, 0.2) is 48.5 Å². The molecule has 0 heterocycles. The number of hydrogen-bond donors (Lipinski definition) is 1. The minimum absolute atomic E-state index is 0.0730. The Morgan fingerprint density at radius 3 is 2.52 bits per heavy atom. The van der Waals surface area contributed by atoms with Gasteiger partial charge in [0.15, 0.2) is 0 Å². The van der Waals surface area contributed by atoms with Crippen molar-refractivity contribution in [3.8, 4) is 17.6 Å².